The zero-order chi connectivity index (χ0) is 8.54. The van der Waals surface area contributed by atoms with E-state index in [-0.39, 0.29) is 6.42 Å². The average molecular weight is 183 g/mol. The summed E-state index contributed by atoms with van der Waals surface area (Å²) in [6.07, 6.45) is 0.128. The molecule has 1 rings (SSSR count). The minimum Gasteiger partial charge on any atom is -0.346 e. The van der Waals surface area contributed by atoms with Crippen LogP contribution in [0.15, 0.2) is 0 Å². The van der Waals surface area contributed by atoms with E-state index in [1.165, 1.54) is 0 Å². The lowest BCUT2D eigenvalue weighted by Crippen LogP contribution is -2.26. The maximum atomic E-state index is 13.0. The second-order valence-corrected chi connectivity index (χ2v) is 3.10. The number of hydrogen-bond donors (Lipinski definition) is 0. The summed E-state index contributed by atoms with van der Waals surface area (Å²) in [5.41, 5.74) is 0. The SMILES string of the molecule is CCOC1(OCC)CC1(F)Cl. The van der Waals surface area contributed by atoms with E-state index in [9.17, 15) is 4.39 Å². The smallest absolute Gasteiger partial charge is 0.242 e. The Morgan fingerprint density at radius 3 is 1.91 bits per heavy atom. The third-order valence-corrected chi connectivity index (χ3v) is 2.06. The van der Waals surface area contributed by atoms with Crippen LogP contribution in [0.1, 0.15) is 20.3 Å². The van der Waals surface area contributed by atoms with E-state index in [2.05, 4.69) is 0 Å². The van der Waals surface area contributed by atoms with Crippen LogP contribution in [0.4, 0.5) is 4.39 Å². The van der Waals surface area contributed by atoms with E-state index < -0.39 is 10.9 Å². The Morgan fingerprint density at radius 2 is 1.73 bits per heavy atom. The molecule has 1 unspecified atom stereocenters. The van der Waals surface area contributed by atoms with E-state index >= 15 is 0 Å². The van der Waals surface area contributed by atoms with Crippen molar-refractivity contribution in [1.29, 1.82) is 0 Å². The van der Waals surface area contributed by atoms with Crippen LogP contribution in [-0.4, -0.2) is 24.1 Å². The molecule has 4 heteroatoms. The van der Waals surface area contributed by atoms with Crippen molar-refractivity contribution in [3.8, 4) is 0 Å². The zero-order valence-corrected chi connectivity index (χ0v) is 7.45. The lowest BCUT2D eigenvalue weighted by Gasteiger charge is -2.16. The second-order valence-electron chi connectivity index (χ2n) is 2.50. The molecule has 1 aliphatic rings. The first-order chi connectivity index (χ1) is 5.08. The van der Waals surface area contributed by atoms with Crippen LogP contribution < -0.4 is 0 Å². The summed E-state index contributed by atoms with van der Waals surface area (Å²) in [6, 6.07) is 0. The molecule has 0 saturated heterocycles. The van der Waals surface area contributed by atoms with Gasteiger partial charge in [-0.2, -0.15) is 0 Å². The van der Waals surface area contributed by atoms with Crippen molar-refractivity contribution in [2.75, 3.05) is 13.2 Å². The normalized spacial score (nSPS) is 33.8. The molecular formula is C7H12ClFO2. The minimum absolute atomic E-state index is 0.128. The van der Waals surface area contributed by atoms with Gasteiger partial charge in [-0.1, -0.05) is 11.6 Å². The van der Waals surface area contributed by atoms with Gasteiger partial charge in [-0.3, -0.25) is 0 Å². The van der Waals surface area contributed by atoms with Crippen molar-refractivity contribution in [1.82, 2.24) is 0 Å². The summed E-state index contributed by atoms with van der Waals surface area (Å²) in [7, 11) is 0. The molecule has 0 radical (unpaired) electrons. The van der Waals surface area contributed by atoms with E-state index in [1.54, 1.807) is 13.8 Å². The lowest BCUT2D eigenvalue weighted by molar-refractivity contribution is -0.178. The number of hydrogen-bond acceptors (Lipinski definition) is 2. The molecule has 0 aromatic rings. The lowest BCUT2D eigenvalue weighted by atomic mass is 10.6. The summed E-state index contributed by atoms with van der Waals surface area (Å²) in [5.74, 6) is -1.15. The van der Waals surface area contributed by atoms with Gasteiger partial charge < -0.3 is 9.47 Å². The molecule has 0 aliphatic heterocycles. The van der Waals surface area contributed by atoms with Gasteiger partial charge in [0.05, 0.1) is 6.42 Å². The van der Waals surface area contributed by atoms with Gasteiger partial charge in [-0.15, -0.1) is 0 Å². The van der Waals surface area contributed by atoms with Crippen LogP contribution in [0, 0.1) is 0 Å². The fraction of sp³-hybridized carbons (Fsp3) is 1.00. The highest BCUT2D eigenvalue weighted by Crippen LogP contribution is 2.57. The molecule has 0 aromatic carbocycles. The van der Waals surface area contributed by atoms with Crippen LogP contribution in [-0.2, 0) is 9.47 Å². The number of ether oxygens (including phenoxy) is 2. The largest absolute Gasteiger partial charge is 0.346 e. The van der Waals surface area contributed by atoms with Gasteiger partial charge in [-0.25, -0.2) is 4.39 Å². The molecule has 0 N–H and O–H groups in total. The topological polar surface area (TPSA) is 18.5 Å². The van der Waals surface area contributed by atoms with Gasteiger partial charge in [0.15, 0.2) is 0 Å². The van der Waals surface area contributed by atoms with Crippen molar-refractivity contribution in [3.63, 3.8) is 0 Å². The number of halogens is 2. The highest BCUT2D eigenvalue weighted by Gasteiger charge is 2.72. The molecule has 11 heavy (non-hydrogen) atoms. The molecule has 66 valence electrons. The van der Waals surface area contributed by atoms with Gasteiger partial charge in [0.2, 0.25) is 10.9 Å². The van der Waals surface area contributed by atoms with Crippen molar-refractivity contribution >= 4 is 11.6 Å². The molecule has 1 saturated carbocycles. The summed E-state index contributed by atoms with van der Waals surface area (Å²) >= 11 is 5.40. The standard InChI is InChI=1S/C7H12ClFO2/c1-3-10-7(11-4-2)5-6(7,8)9/h3-5H2,1-2H3. The van der Waals surface area contributed by atoms with Gasteiger partial charge in [0.1, 0.15) is 0 Å². The van der Waals surface area contributed by atoms with E-state index in [4.69, 9.17) is 21.1 Å². The van der Waals surface area contributed by atoms with Crippen LogP contribution in [0.5, 0.6) is 0 Å². The van der Waals surface area contributed by atoms with Gasteiger partial charge >= 0.3 is 0 Å². The Labute approximate surface area is 70.6 Å². The molecule has 2 nitrogen and oxygen atoms in total. The maximum absolute atomic E-state index is 13.0. The van der Waals surface area contributed by atoms with Gasteiger partial charge in [0, 0.05) is 13.2 Å². The number of alkyl halides is 2. The zero-order valence-electron chi connectivity index (χ0n) is 6.69. The molecule has 0 amide bonds. The monoisotopic (exact) mass is 182 g/mol. The molecule has 1 aliphatic carbocycles. The first-order valence-corrected chi connectivity index (χ1v) is 4.11. The average Bonchev–Trinajstić information content (AvgIpc) is 2.35. The van der Waals surface area contributed by atoms with Gasteiger partial charge in [0.25, 0.3) is 0 Å². The Bertz CT molecular complexity index is 143. The minimum atomic E-state index is -1.81. The summed E-state index contributed by atoms with van der Waals surface area (Å²) < 4.78 is 23.1. The Balaban J connectivity index is 2.48. The van der Waals surface area contributed by atoms with Crippen molar-refractivity contribution < 1.29 is 13.9 Å². The van der Waals surface area contributed by atoms with Crippen LogP contribution in [0.2, 0.25) is 0 Å². The Kier molecular flexibility index (Phi) is 2.42. The van der Waals surface area contributed by atoms with E-state index in [1.807, 2.05) is 0 Å². The predicted octanol–water partition coefficient (Wildman–Crippen LogP) is 2.06. The summed E-state index contributed by atoms with van der Waals surface area (Å²) in [4.78, 5) is 0. The molecular weight excluding hydrogens is 171 g/mol. The highest BCUT2D eigenvalue weighted by atomic mass is 35.5. The fourth-order valence-electron chi connectivity index (χ4n) is 1.07. The Hall–Kier alpha value is 0.140. The van der Waals surface area contributed by atoms with Crippen LogP contribution in [0.3, 0.4) is 0 Å². The predicted molar refractivity (Wildman–Crippen MR) is 40.3 cm³/mol. The molecule has 0 bridgehead atoms. The van der Waals surface area contributed by atoms with E-state index in [0.717, 1.165) is 0 Å². The van der Waals surface area contributed by atoms with Gasteiger partial charge in [-0.05, 0) is 13.8 Å². The van der Waals surface area contributed by atoms with Crippen LogP contribution in [0.25, 0.3) is 0 Å². The third kappa shape index (κ3) is 1.50. The fourth-order valence-corrected chi connectivity index (χ4v) is 1.35. The summed E-state index contributed by atoms with van der Waals surface area (Å²) in [6.45, 7) is 4.40. The van der Waals surface area contributed by atoms with Crippen molar-refractivity contribution in [2.24, 2.45) is 0 Å². The molecule has 1 atom stereocenters. The first-order valence-electron chi connectivity index (χ1n) is 3.73. The van der Waals surface area contributed by atoms with Crippen LogP contribution >= 0.6 is 11.6 Å². The molecule has 0 spiro atoms. The highest BCUT2D eigenvalue weighted by molar-refractivity contribution is 6.25. The van der Waals surface area contributed by atoms with Crippen molar-refractivity contribution in [3.05, 3.63) is 0 Å². The third-order valence-electron chi connectivity index (χ3n) is 1.64. The molecule has 0 heterocycles. The second kappa shape index (κ2) is 2.88. The maximum Gasteiger partial charge on any atom is 0.242 e. The quantitative estimate of drug-likeness (QED) is 0.490. The molecule has 1 fully saturated rings. The molecule has 0 aromatic heterocycles. The van der Waals surface area contributed by atoms with Crippen molar-refractivity contribution in [2.45, 2.75) is 31.2 Å². The summed E-state index contributed by atoms with van der Waals surface area (Å²) in [5, 5.41) is -1.81. The number of rotatable bonds is 4. The van der Waals surface area contributed by atoms with E-state index in [0.29, 0.717) is 13.2 Å². The first kappa shape index (κ1) is 9.23. The Morgan fingerprint density at radius 1 is 1.36 bits per heavy atom.